The van der Waals surface area contributed by atoms with Crippen molar-refractivity contribution in [2.45, 2.75) is 21.6 Å². The van der Waals surface area contributed by atoms with Gasteiger partial charge in [-0.05, 0) is 83.0 Å². The van der Waals surface area contributed by atoms with Crippen molar-refractivity contribution in [3.05, 3.63) is 90.0 Å². The quantitative estimate of drug-likeness (QED) is 0.0758. The fourth-order valence-corrected chi connectivity index (χ4v) is 7.48. The second-order valence-electron chi connectivity index (χ2n) is 10.2. The van der Waals surface area contributed by atoms with Crippen LogP contribution in [0.1, 0.15) is 15.9 Å². The van der Waals surface area contributed by atoms with Crippen molar-refractivity contribution in [3.8, 4) is 5.75 Å². The number of nitrogens with zero attached hydrogens (tertiary/aromatic N) is 2. The minimum atomic E-state index is -5.11. The summed E-state index contributed by atoms with van der Waals surface area (Å²) in [4.78, 5) is 12.3. The van der Waals surface area contributed by atoms with Crippen LogP contribution in [-0.4, -0.2) is 57.3 Å². The average Bonchev–Trinajstić information content (AvgIpc) is 3.03. The number of anilines is 1. The van der Waals surface area contributed by atoms with Crippen LogP contribution in [0.25, 0.3) is 21.5 Å². The van der Waals surface area contributed by atoms with Crippen molar-refractivity contribution in [2.24, 2.45) is 10.2 Å². The van der Waals surface area contributed by atoms with Gasteiger partial charge in [0.2, 0.25) is 0 Å². The summed E-state index contributed by atoms with van der Waals surface area (Å²) in [6.45, 7) is 2.09. The van der Waals surface area contributed by atoms with Crippen molar-refractivity contribution in [2.75, 3.05) is 25.6 Å². The zero-order valence-corrected chi connectivity index (χ0v) is 34.3. The maximum atomic E-state index is 13.0. The monoisotopic (exact) mass is 773 g/mol. The molecule has 0 aliphatic heterocycles. The topological polar surface area (TPSA) is 207 Å². The first kappa shape index (κ1) is 42.2. The number of carbonyl (C=O) groups excluding carboxylic acids is 1. The molecule has 0 aromatic heterocycles. The number of aromatic hydroxyl groups is 1. The van der Waals surface area contributed by atoms with Gasteiger partial charge in [-0.25, -0.2) is 16.8 Å². The number of nitrogens with one attached hydrogen (secondary N) is 1. The van der Waals surface area contributed by atoms with Gasteiger partial charge in [-0.1, -0.05) is 30.3 Å². The molecule has 0 saturated heterocycles. The van der Waals surface area contributed by atoms with Gasteiger partial charge in [-0.2, -0.15) is 0 Å². The van der Waals surface area contributed by atoms with E-state index in [1.807, 2.05) is 0 Å². The summed E-state index contributed by atoms with van der Waals surface area (Å²) in [6.07, 6.45) is 0. The van der Waals surface area contributed by atoms with Crippen LogP contribution in [-0.2, 0) is 50.1 Å². The summed E-state index contributed by atoms with van der Waals surface area (Å²) in [6, 6.07) is 18.7. The fraction of sp³-hybridized carbons (Fsp3) is 0.129. The fourth-order valence-electron chi connectivity index (χ4n) is 4.85. The summed E-state index contributed by atoms with van der Waals surface area (Å²) in [5, 5.41) is 22.5. The zero-order valence-electron chi connectivity index (χ0n) is 27.1. The average molecular weight is 774 g/mol. The minimum absolute atomic E-state index is 0. The van der Waals surface area contributed by atoms with Crippen LogP contribution >= 0.6 is 0 Å². The molecule has 1 amide bonds. The zero-order chi connectivity index (χ0) is 34.8. The molecule has 0 fully saturated rings. The van der Waals surface area contributed by atoms with Crippen LogP contribution in [0.15, 0.2) is 104 Å². The summed E-state index contributed by atoms with van der Waals surface area (Å²) in [5.41, 5.74) is -0.246. The molecule has 0 aliphatic rings. The molecule has 0 spiro atoms. The molecule has 2 N–H and O–H groups in total. The Morgan fingerprint density at radius 3 is 2.24 bits per heavy atom. The molecule has 250 valence electrons. The summed E-state index contributed by atoms with van der Waals surface area (Å²) >= 11 is 5.39. The number of azo groups is 1. The molecular formula is C31H25N3Na2O10S4. The van der Waals surface area contributed by atoms with E-state index >= 15 is 0 Å². The molecule has 5 aromatic carbocycles. The van der Waals surface area contributed by atoms with E-state index < -0.39 is 51.4 Å². The van der Waals surface area contributed by atoms with Crippen molar-refractivity contribution in [1.29, 1.82) is 0 Å². The van der Waals surface area contributed by atoms with E-state index in [9.17, 15) is 35.8 Å². The molecule has 1 unspecified atom stereocenters. The molecule has 0 saturated carbocycles. The molecule has 5 aromatic rings. The van der Waals surface area contributed by atoms with Gasteiger partial charge in [0.1, 0.15) is 31.6 Å². The Balaban J connectivity index is 0.00000338. The van der Waals surface area contributed by atoms with E-state index in [2.05, 4.69) is 15.5 Å². The van der Waals surface area contributed by atoms with Crippen LogP contribution in [0, 0.1) is 6.92 Å². The van der Waals surface area contributed by atoms with Gasteiger partial charge in [0.15, 0.2) is 5.75 Å². The Morgan fingerprint density at radius 1 is 0.900 bits per heavy atom. The second kappa shape index (κ2) is 17.5. The number of ether oxygens (including phenoxy) is 1. The van der Waals surface area contributed by atoms with Crippen molar-refractivity contribution < 1.29 is 104 Å². The number of hydrogen-bond donors (Lipinski definition) is 2. The van der Waals surface area contributed by atoms with Gasteiger partial charge in [0.25, 0.3) is 5.91 Å². The van der Waals surface area contributed by atoms with Gasteiger partial charge < -0.3 is 28.4 Å². The third-order valence-electron chi connectivity index (χ3n) is 7.02. The SMILES string of the molecule is COCCOS(=S)c1ccc2c(S(=O)(=O)[O-])c(N=Nc3c(C)cc4cc(S(=O)(=O)[O-])cc(NC(=O)c5ccccc5)c4c3O)ccc2c1.[Na+].[Na+]. The van der Waals surface area contributed by atoms with Gasteiger partial charge in [-0.15, -0.1) is 10.2 Å². The Hall–Kier alpha value is -2.20. The summed E-state index contributed by atoms with van der Waals surface area (Å²) < 4.78 is 83.8. The standard InChI is InChI=1S/C31H27N3O10S4.2Na/c1-18-14-21-16-23(47(37,38)39)17-26(32-31(36)19-6-4-3-5-7-19)27(21)29(35)28(18)34-33-25-11-8-20-15-22(46(45)44-13-12-43-2)9-10-24(20)30(25)48(40,41)42;;/h3-11,14-17,35H,12-13H2,1-2H3,(H,32,36)(H,37,38,39)(H,40,41,42);;/q;2*+1/p-2. The number of hydrogen-bond acceptors (Lipinski definition) is 13. The molecule has 5 rings (SSSR count). The van der Waals surface area contributed by atoms with E-state index in [-0.39, 0.29) is 110 Å². The molecular weight excluding hydrogens is 749 g/mol. The summed E-state index contributed by atoms with van der Waals surface area (Å²) in [7, 11) is -9.63. The van der Waals surface area contributed by atoms with E-state index in [0.717, 1.165) is 12.1 Å². The third-order valence-corrected chi connectivity index (χ3v) is 10.6. The first-order valence-electron chi connectivity index (χ1n) is 13.8. The van der Waals surface area contributed by atoms with E-state index in [1.54, 1.807) is 30.3 Å². The minimum Gasteiger partial charge on any atom is -0.744 e. The van der Waals surface area contributed by atoms with Gasteiger partial charge >= 0.3 is 59.1 Å². The van der Waals surface area contributed by atoms with Crippen LogP contribution < -0.4 is 64.4 Å². The van der Waals surface area contributed by atoms with Crippen LogP contribution in [0.5, 0.6) is 5.75 Å². The molecule has 13 nitrogen and oxygen atoms in total. The smallest absolute Gasteiger partial charge is 0.744 e. The molecule has 1 atom stereocenters. The third kappa shape index (κ3) is 9.61. The molecule has 0 bridgehead atoms. The van der Waals surface area contributed by atoms with E-state index in [0.29, 0.717) is 16.9 Å². The molecule has 50 heavy (non-hydrogen) atoms. The van der Waals surface area contributed by atoms with Crippen LogP contribution in [0.3, 0.4) is 0 Å². The van der Waals surface area contributed by atoms with Gasteiger partial charge in [0.05, 0.1) is 28.7 Å². The van der Waals surface area contributed by atoms with Crippen molar-refractivity contribution in [1.82, 2.24) is 0 Å². The molecule has 0 radical (unpaired) electrons. The number of benzene rings is 5. The van der Waals surface area contributed by atoms with Gasteiger partial charge in [0, 0.05) is 38.1 Å². The molecule has 0 heterocycles. The number of fused-ring (bicyclic) bond motifs is 2. The number of carbonyl (C=O) groups is 1. The molecule has 0 aliphatic carbocycles. The van der Waals surface area contributed by atoms with Crippen molar-refractivity contribution >= 4 is 85.7 Å². The number of amides is 1. The largest absolute Gasteiger partial charge is 1.00 e. The maximum absolute atomic E-state index is 13.0. The Bertz CT molecular complexity index is 2360. The number of phenols is 1. The van der Waals surface area contributed by atoms with Gasteiger partial charge in [-0.3, -0.25) is 4.79 Å². The number of phenolic OH excluding ortho intramolecular Hbond substituents is 1. The first-order chi connectivity index (χ1) is 22.7. The molecule has 19 heteroatoms. The Morgan fingerprint density at radius 2 is 1.60 bits per heavy atom. The predicted molar refractivity (Wildman–Crippen MR) is 180 cm³/mol. The van der Waals surface area contributed by atoms with Crippen LogP contribution in [0.2, 0.25) is 0 Å². The Kier molecular flexibility index (Phi) is 14.8. The van der Waals surface area contributed by atoms with Crippen molar-refractivity contribution in [3.63, 3.8) is 0 Å². The number of rotatable bonds is 11. The van der Waals surface area contributed by atoms with Crippen LogP contribution in [0.4, 0.5) is 17.1 Å². The maximum Gasteiger partial charge on any atom is 1.00 e. The van der Waals surface area contributed by atoms with E-state index in [1.165, 1.54) is 50.4 Å². The predicted octanol–water partition coefficient (Wildman–Crippen LogP) is -0.492. The number of aryl methyl sites for hydroxylation is 1. The second-order valence-corrected chi connectivity index (χ2v) is 15.0. The summed E-state index contributed by atoms with van der Waals surface area (Å²) in [5.74, 6) is -1.22. The first-order valence-corrected chi connectivity index (χ1v) is 18.7. The number of methoxy groups -OCH3 is 1. The van der Waals surface area contributed by atoms with E-state index in [4.69, 9.17) is 20.1 Å². The Labute approximate surface area is 339 Å². The normalized spacial score (nSPS) is 12.4.